The fraction of sp³-hybridized carbons (Fsp3) is 0.636. The Bertz CT molecular complexity index is 271. The van der Waals surface area contributed by atoms with Crippen LogP contribution in [0.3, 0.4) is 0 Å². The molecule has 0 heterocycles. The highest BCUT2D eigenvalue weighted by Crippen LogP contribution is 1.94. The van der Waals surface area contributed by atoms with Crippen LogP contribution in [-0.4, -0.2) is 29.7 Å². The van der Waals surface area contributed by atoms with Gasteiger partial charge in [0.15, 0.2) is 0 Å². The predicted molar refractivity (Wildman–Crippen MR) is 60.9 cm³/mol. The number of terminal acetylenes is 1. The first-order valence-electron chi connectivity index (χ1n) is 5.32. The Kier molecular flexibility index (Phi) is 7.68. The predicted octanol–water partition coefficient (Wildman–Crippen LogP) is 0.952. The van der Waals surface area contributed by atoms with E-state index in [-0.39, 0.29) is 18.5 Å². The first kappa shape index (κ1) is 14.3. The normalized spacial score (nSPS) is 11.2. The second kappa shape index (κ2) is 8.60. The maximum atomic E-state index is 11.3. The van der Waals surface area contributed by atoms with Crippen molar-refractivity contribution in [3.8, 4) is 12.3 Å². The van der Waals surface area contributed by atoms with E-state index in [1.54, 1.807) is 0 Å². The third-order valence-corrected chi connectivity index (χ3v) is 1.94. The zero-order valence-corrected chi connectivity index (χ0v) is 9.45. The summed E-state index contributed by atoms with van der Waals surface area (Å²) in [6.45, 7) is 2.32. The van der Waals surface area contributed by atoms with Crippen LogP contribution in [0.2, 0.25) is 0 Å². The van der Waals surface area contributed by atoms with Gasteiger partial charge < -0.3 is 15.7 Å². The van der Waals surface area contributed by atoms with Crippen LogP contribution in [0.25, 0.3) is 0 Å². The maximum Gasteiger partial charge on any atom is 0.315 e. The standard InChI is InChI=1S/C11H18N2O3/c1-3-6-9(4-2)13-11(16)12-8-5-7-10(14)15/h2,9H,3,5-8H2,1H3,(H,14,15)(H2,12,13,16). The van der Waals surface area contributed by atoms with Crippen LogP contribution in [0.5, 0.6) is 0 Å². The average molecular weight is 226 g/mol. The number of carboxylic acids is 1. The minimum absolute atomic E-state index is 0.0494. The summed E-state index contributed by atoms with van der Waals surface area (Å²) in [5, 5.41) is 13.6. The summed E-state index contributed by atoms with van der Waals surface area (Å²) in [6.07, 6.45) is 7.33. The number of hydrogen-bond acceptors (Lipinski definition) is 2. The van der Waals surface area contributed by atoms with Gasteiger partial charge in [0.2, 0.25) is 0 Å². The third-order valence-electron chi connectivity index (χ3n) is 1.94. The van der Waals surface area contributed by atoms with Crippen LogP contribution >= 0.6 is 0 Å². The van der Waals surface area contributed by atoms with Gasteiger partial charge in [-0.25, -0.2) is 4.79 Å². The van der Waals surface area contributed by atoms with Crippen LogP contribution < -0.4 is 10.6 Å². The van der Waals surface area contributed by atoms with E-state index in [9.17, 15) is 9.59 Å². The molecular formula is C11H18N2O3. The summed E-state index contributed by atoms with van der Waals surface area (Å²) in [5.41, 5.74) is 0. The molecule has 0 aromatic rings. The lowest BCUT2D eigenvalue weighted by Gasteiger charge is -2.12. The fourth-order valence-electron chi connectivity index (χ4n) is 1.14. The molecule has 0 aliphatic rings. The summed E-state index contributed by atoms with van der Waals surface area (Å²) in [5.74, 6) is 1.61. The van der Waals surface area contributed by atoms with Gasteiger partial charge in [0.25, 0.3) is 0 Å². The fourth-order valence-corrected chi connectivity index (χ4v) is 1.14. The van der Waals surface area contributed by atoms with Crippen LogP contribution in [0, 0.1) is 12.3 Å². The van der Waals surface area contributed by atoms with Gasteiger partial charge in [-0.2, -0.15) is 0 Å². The smallest absolute Gasteiger partial charge is 0.315 e. The highest BCUT2D eigenvalue weighted by Gasteiger charge is 2.07. The second-order valence-corrected chi connectivity index (χ2v) is 3.41. The third kappa shape index (κ3) is 7.68. The highest BCUT2D eigenvalue weighted by molar-refractivity contribution is 5.74. The first-order chi connectivity index (χ1) is 7.60. The number of urea groups is 1. The number of carbonyl (C=O) groups excluding carboxylic acids is 1. The molecule has 0 spiro atoms. The topological polar surface area (TPSA) is 78.4 Å². The average Bonchev–Trinajstić information content (AvgIpc) is 2.23. The van der Waals surface area contributed by atoms with Crippen LogP contribution in [0.1, 0.15) is 32.6 Å². The molecule has 16 heavy (non-hydrogen) atoms. The van der Waals surface area contributed by atoms with E-state index in [1.165, 1.54) is 0 Å². The molecule has 0 aliphatic carbocycles. The molecule has 1 unspecified atom stereocenters. The van der Waals surface area contributed by atoms with Crippen LogP contribution in [0.15, 0.2) is 0 Å². The molecule has 0 radical (unpaired) electrons. The molecule has 90 valence electrons. The maximum absolute atomic E-state index is 11.3. The molecule has 0 aliphatic heterocycles. The number of hydrogen-bond donors (Lipinski definition) is 3. The Morgan fingerprint density at radius 2 is 2.19 bits per heavy atom. The van der Waals surface area contributed by atoms with E-state index in [0.717, 1.165) is 12.8 Å². The minimum atomic E-state index is -0.866. The lowest BCUT2D eigenvalue weighted by molar-refractivity contribution is -0.137. The quantitative estimate of drug-likeness (QED) is 0.447. The van der Waals surface area contributed by atoms with Gasteiger partial charge in [-0.3, -0.25) is 4.79 Å². The van der Waals surface area contributed by atoms with Crippen molar-refractivity contribution in [1.82, 2.24) is 10.6 Å². The largest absolute Gasteiger partial charge is 0.481 e. The van der Waals surface area contributed by atoms with Gasteiger partial charge in [0.05, 0.1) is 6.04 Å². The van der Waals surface area contributed by atoms with Gasteiger partial charge in [0, 0.05) is 13.0 Å². The molecule has 1 atom stereocenters. The number of carbonyl (C=O) groups is 2. The molecule has 5 nitrogen and oxygen atoms in total. The van der Waals surface area contributed by atoms with E-state index in [4.69, 9.17) is 11.5 Å². The molecule has 0 saturated carbocycles. The zero-order valence-electron chi connectivity index (χ0n) is 9.45. The lowest BCUT2D eigenvalue weighted by atomic mass is 10.2. The van der Waals surface area contributed by atoms with Crippen molar-refractivity contribution < 1.29 is 14.7 Å². The first-order valence-corrected chi connectivity index (χ1v) is 5.32. The summed E-state index contributed by atoms with van der Waals surface area (Å²) >= 11 is 0. The van der Waals surface area contributed by atoms with Crippen molar-refractivity contribution in [3.63, 3.8) is 0 Å². The van der Waals surface area contributed by atoms with Gasteiger partial charge in [-0.15, -0.1) is 6.42 Å². The SMILES string of the molecule is C#CC(CCC)NC(=O)NCCCC(=O)O. The molecule has 0 fully saturated rings. The molecule has 0 bridgehead atoms. The summed E-state index contributed by atoms with van der Waals surface area (Å²) in [6, 6.07) is -0.605. The Hall–Kier alpha value is -1.70. The van der Waals surface area contributed by atoms with E-state index >= 15 is 0 Å². The summed E-state index contributed by atoms with van der Waals surface area (Å²) in [7, 11) is 0. The molecule has 0 aromatic carbocycles. The molecule has 3 N–H and O–H groups in total. The van der Waals surface area contributed by atoms with E-state index in [1.807, 2.05) is 6.92 Å². The highest BCUT2D eigenvalue weighted by atomic mass is 16.4. The van der Waals surface area contributed by atoms with E-state index < -0.39 is 5.97 Å². The number of amides is 2. The van der Waals surface area contributed by atoms with Gasteiger partial charge >= 0.3 is 12.0 Å². The molecule has 2 amide bonds. The van der Waals surface area contributed by atoms with Crippen molar-refractivity contribution in [1.29, 1.82) is 0 Å². The number of nitrogens with one attached hydrogen (secondary N) is 2. The summed E-state index contributed by atoms with van der Waals surface area (Å²) < 4.78 is 0. The monoisotopic (exact) mass is 226 g/mol. The van der Waals surface area contributed by atoms with Gasteiger partial charge in [-0.05, 0) is 12.8 Å². The van der Waals surface area contributed by atoms with Crippen LogP contribution in [-0.2, 0) is 4.79 Å². The molecule has 5 heteroatoms. The Balaban J connectivity index is 3.65. The Labute approximate surface area is 95.6 Å². The van der Waals surface area contributed by atoms with Crippen molar-refractivity contribution in [2.45, 2.75) is 38.6 Å². The molecule has 0 rings (SSSR count). The Morgan fingerprint density at radius 3 is 2.69 bits per heavy atom. The van der Waals surface area contributed by atoms with Crippen molar-refractivity contribution in [3.05, 3.63) is 0 Å². The van der Waals surface area contributed by atoms with E-state index in [0.29, 0.717) is 13.0 Å². The van der Waals surface area contributed by atoms with Gasteiger partial charge in [-0.1, -0.05) is 19.3 Å². The second-order valence-electron chi connectivity index (χ2n) is 3.41. The van der Waals surface area contributed by atoms with Crippen molar-refractivity contribution in [2.75, 3.05) is 6.54 Å². The molecule has 0 saturated heterocycles. The lowest BCUT2D eigenvalue weighted by Crippen LogP contribution is -2.41. The number of carboxylic acid groups (broad SMARTS) is 1. The van der Waals surface area contributed by atoms with Crippen molar-refractivity contribution in [2.24, 2.45) is 0 Å². The number of rotatable bonds is 7. The zero-order chi connectivity index (χ0) is 12.4. The van der Waals surface area contributed by atoms with Crippen molar-refractivity contribution >= 4 is 12.0 Å². The Morgan fingerprint density at radius 1 is 1.50 bits per heavy atom. The summed E-state index contributed by atoms with van der Waals surface area (Å²) in [4.78, 5) is 21.5. The van der Waals surface area contributed by atoms with E-state index in [2.05, 4.69) is 16.6 Å². The van der Waals surface area contributed by atoms with Gasteiger partial charge in [0.1, 0.15) is 0 Å². The molecule has 0 aromatic heterocycles. The minimum Gasteiger partial charge on any atom is -0.481 e. The molecular weight excluding hydrogens is 208 g/mol. The van der Waals surface area contributed by atoms with Crippen LogP contribution in [0.4, 0.5) is 4.79 Å². The number of aliphatic carboxylic acids is 1.